The Balaban J connectivity index is 1.20. The standard InChI is InChI=1S/C32H34N6O/c33-31-30-29(26-11-10-24-12-13-27(35-28(24)20-26)23-4-2-1-3-5-23)36-32(38(30)15-14-34-31)25-8-6-22(7-9-25)21-37-16-18-39-19-17-37/h1-5,10-15,20,22,25H,6-9,16-19,21H2,(H2,33,34). The zero-order chi connectivity index (χ0) is 26.2. The van der Waals surface area contributed by atoms with Crippen molar-refractivity contribution in [2.45, 2.75) is 31.6 Å². The van der Waals surface area contributed by atoms with Gasteiger partial charge in [-0.05, 0) is 43.7 Å². The molecule has 1 aliphatic heterocycles. The van der Waals surface area contributed by atoms with Gasteiger partial charge in [0.1, 0.15) is 22.9 Å². The van der Waals surface area contributed by atoms with E-state index in [0.29, 0.717) is 11.7 Å². The van der Waals surface area contributed by atoms with E-state index in [9.17, 15) is 0 Å². The van der Waals surface area contributed by atoms with E-state index < -0.39 is 0 Å². The summed E-state index contributed by atoms with van der Waals surface area (Å²) in [5.41, 5.74) is 12.3. The van der Waals surface area contributed by atoms with Crippen molar-refractivity contribution in [3.63, 3.8) is 0 Å². The number of ether oxygens (including phenoxy) is 1. The minimum Gasteiger partial charge on any atom is -0.382 e. The zero-order valence-corrected chi connectivity index (χ0v) is 22.2. The van der Waals surface area contributed by atoms with Gasteiger partial charge in [-0.2, -0.15) is 0 Å². The molecule has 0 amide bonds. The van der Waals surface area contributed by atoms with Crippen LogP contribution in [0.1, 0.15) is 37.4 Å². The molecule has 0 radical (unpaired) electrons. The minimum atomic E-state index is 0.414. The molecule has 7 heteroatoms. The Labute approximate surface area is 228 Å². The van der Waals surface area contributed by atoms with E-state index in [1.807, 2.05) is 24.4 Å². The van der Waals surface area contributed by atoms with Gasteiger partial charge in [0.05, 0.1) is 24.4 Å². The van der Waals surface area contributed by atoms with Crippen LogP contribution in [-0.2, 0) is 4.74 Å². The van der Waals surface area contributed by atoms with Crippen LogP contribution in [0.15, 0.2) is 73.1 Å². The molecule has 1 aliphatic carbocycles. The van der Waals surface area contributed by atoms with Gasteiger partial charge in [-0.15, -0.1) is 0 Å². The summed E-state index contributed by atoms with van der Waals surface area (Å²) >= 11 is 0. The second-order valence-corrected chi connectivity index (χ2v) is 11.0. The lowest BCUT2D eigenvalue weighted by atomic mass is 9.81. The van der Waals surface area contributed by atoms with Crippen molar-refractivity contribution < 1.29 is 4.74 Å². The zero-order valence-electron chi connectivity index (χ0n) is 22.2. The van der Waals surface area contributed by atoms with Gasteiger partial charge in [0, 0.05) is 54.5 Å². The molecular weight excluding hydrogens is 484 g/mol. The number of fused-ring (bicyclic) bond motifs is 2. The molecule has 0 spiro atoms. The van der Waals surface area contributed by atoms with Gasteiger partial charge in [-0.25, -0.2) is 15.0 Å². The van der Waals surface area contributed by atoms with E-state index >= 15 is 0 Å². The van der Waals surface area contributed by atoms with E-state index in [4.69, 9.17) is 20.4 Å². The number of morpholine rings is 1. The number of pyridine rings is 1. The third-order valence-electron chi connectivity index (χ3n) is 8.48. The number of aromatic nitrogens is 4. The predicted molar refractivity (Wildman–Crippen MR) is 156 cm³/mol. The predicted octanol–water partition coefficient (Wildman–Crippen LogP) is 5.80. The van der Waals surface area contributed by atoms with E-state index in [1.165, 1.54) is 19.4 Å². The average molecular weight is 519 g/mol. The lowest BCUT2D eigenvalue weighted by molar-refractivity contribution is 0.0273. The van der Waals surface area contributed by atoms with E-state index in [1.54, 1.807) is 6.20 Å². The van der Waals surface area contributed by atoms with Gasteiger partial charge in [0.25, 0.3) is 0 Å². The van der Waals surface area contributed by atoms with E-state index in [2.05, 4.69) is 56.7 Å². The molecule has 2 aliphatic rings. The van der Waals surface area contributed by atoms with Gasteiger partial charge in [0.15, 0.2) is 0 Å². The summed E-state index contributed by atoms with van der Waals surface area (Å²) in [6.45, 7) is 5.05. The number of hydrogen-bond donors (Lipinski definition) is 1. The van der Waals surface area contributed by atoms with E-state index in [-0.39, 0.29) is 0 Å². The third-order valence-corrected chi connectivity index (χ3v) is 8.48. The van der Waals surface area contributed by atoms with Crippen molar-refractivity contribution in [2.75, 3.05) is 38.6 Å². The van der Waals surface area contributed by atoms with Crippen molar-refractivity contribution in [3.05, 3.63) is 78.9 Å². The highest BCUT2D eigenvalue weighted by Gasteiger charge is 2.29. The molecule has 0 unspecified atom stereocenters. The van der Waals surface area contributed by atoms with Crippen LogP contribution in [-0.4, -0.2) is 57.1 Å². The van der Waals surface area contributed by atoms with Gasteiger partial charge in [0.2, 0.25) is 0 Å². The lowest BCUT2D eigenvalue weighted by Crippen LogP contribution is -2.40. The highest BCUT2D eigenvalue weighted by atomic mass is 16.5. The first-order chi connectivity index (χ1) is 19.2. The van der Waals surface area contributed by atoms with Crippen LogP contribution in [0.3, 0.4) is 0 Å². The molecule has 2 aromatic carbocycles. The molecule has 39 heavy (non-hydrogen) atoms. The Kier molecular flexibility index (Phi) is 6.46. The molecular formula is C32H34N6O. The summed E-state index contributed by atoms with van der Waals surface area (Å²) in [6.07, 6.45) is 8.56. The van der Waals surface area contributed by atoms with E-state index in [0.717, 1.165) is 89.8 Å². The number of nitrogens with zero attached hydrogens (tertiary/aromatic N) is 5. The summed E-state index contributed by atoms with van der Waals surface area (Å²) in [4.78, 5) is 17.3. The summed E-state index contributed by atoms with van der Waals surface area (Å²) in [5, 5.41) is 1.10. The summed E-state index contributed by atoms with van der Waals surface area (Å²) < 4.78 is 7.71. The van der Waals surface area contributed by atoms with Crippen molar-refractivity contribution >= 4 is 22.2 Å². The second kappa shape index (κ2) is 10.4. The molecule has 0 bridgehead atoms. The molecule has 1 saturated carbocycles. The topological polar surface area (TPSA) is 81.6 Å². The fraction of sp³-hybridized carbons (Fsp3) is 0.344. The van der Waals surface area contributed by atoms with Gasteiger partial charge < -0.3 is 10.5 Å². The fourth-order valence-electron chi connectivity index (χ4n) is 6.36. The number of nitrogens with two attached hydrogens (primary N) is 1. The lowest BCUT2D eigenvalue weighted by Gasteiger charge is -2.34. The van der Waals surface area contributed by atoms with Crippen molar-refractivity contribution in [1.82, 2.24) is 24.3 Å². The Morgan fingerprint density at radius 1 is 0.872 bits per heavy atom. The van der Waals surface area contributed by atoms with Crippen molar-refractivity contribution in [2.24, 2.45) is 5.92 Å². The smallest absolute Gasteiger partial charge is 0.150 e. The summed E-state index contributed by atoms with van der Waals surface area (Å²) in [7, 11) is 0. The highest BCUT2D eigenvalue weighted by Crippen LogP contribution is 2.39. The molecule has 0 atom stereocenters. The van der Waals surface area contributed by atoms with Crippen molar-refractivity contribution in [3.8, 4) is 22.5 Å². The molecule has 1 saturated heterocycles. The first-order valence-corrected chi connectivity index (χ1v) is 14.1. The Bertz CT molecular complexity index is 1600. The average Bonchev–Trinajstić information content (AvgIpc) is 3.39. The molecule has 7 nitrogen and oxygen atoms in total. The highest BCUT2D eigenvalue weighted by molar-refractivity contribution is 5.91. The normalized spacial score (nSPS) is 20.5. The molecule has 3 aromatic heterocycles. The number of rotatable bonds is 5. The van der Waals surface area contributed by atoms with Crippen LogP contribution >= 0.6 is 0 Å². The second-order valence-electron chi connectivity index (χ2n) is 11.0. The fourth-order valence-corrected chi connectivity index (χ4v) is 6.36. The van der Waals surface area contributed by atoms with Crippen LogP contribution in [0.4, 0.5) is 5.82 Å². The Morgan fingerprint density at radius 3 is 2.49 bits per heavy atom. The van der Waals surface area contributed by atoms with Crippen LogP contribution < -0.4 is 5.73 Å². The largest absolute Gasteiger partial charge is 0.382 e. The summed E-state index contributed by atoms with van der Waals surface area (Å²) in [6, 6.07) is 20.9. The first kappa shape index (κ1) is 24.2. The van der Waals surface area contributed by atoms with Crippen LogP contribution in [0, 0.1) is 5.92 Å². The quantitative estimate of drug-likeness (QED) is 0.317. The molecule has 4 heterocycles. The maximum Gasteiger partial charge on any atom is 0.150 e. The number of anilines is 1. The molecule has 198 valence electrons. The monoisotopic (exact) mass is 518 g/mol. The van der Waals surface area contributed by atoms with Crippen LogP contribution in [0.2, 0.25) is 0 Å². The van der Waals surface area contributed by atoms with Gasteiger partial charge in [-0.3, -0.25) is 9.30 Å². The number of hydrogen-bond acceptors (Lipinski definition) is 6. The number of imidazole rings is 1. The Morgan fingerprint density at radius 2 is 1.67 bits per heavy atom. The van der Waals surface area contributed by atoms with Gasteiger partial charge in [-0.1, -0.05) is 48.5 Å². The summed E-state index contributed by atoms with van der Waals surface area (Å²) in [5.74, 6) is 2.78. The van der Waals surface area contributed by atoms with Crippen molar-refractivity contribution in [1.29, 1.82) is 0 Å². The SMILES string of the molecule is Nc1nccn2c(C3CCC(CN4CCOCC4)CC3)nc(-c3ccc4ccc(-c5ccccc5)nc4c3)c12. The Hall–Kier alpha value is -3.81. The maximum absolute atomic E-state index is 6.47. The number of benzene rings is 2. The molecule has 5 aromatic rings. The molecule has 7 rings (SSSR count). The number of nitrogen functional groups attached to an aromatic ring is 1. The molecule has 2 fully saturated rings. The first-order valence-electron chi connectivity index (χ1n) is 14.1. The van der Waals surface area contributed by atoms with Crippen LogP contribution in [0.25, 0.3) is 38.9 Å². The maximum atomic E-state index is 6.47. The van der Waals surface area contributed by atoms with Crippen LogP contribution in [0.5, 0.6) is 0 Å². The third kappa shape index (κ3) is 4.77. The minimum absolute atomic E-state index is 0.414. The van der Waals surface area contributed by atoms with Gasteiger partial charge >= 0.3 is 0 Å². The molecule has 2 N–H and O–H groups in total.